The molecule has 1 unspecified atom stereocenters. The number of guanidine groups is 1. The second-order valence-corrected chi connectivity index (χ2v) is 7.14. The zero-order valence-electron chi connectivity index (χ0n) is 15.3. The molecule has 0 saturated heterocycles. The van der Waals surface area contributed by atoms with Gasteiger partial charge in [0.05, 0.1) is 13.3 Å². The highest BCUT2D eigenvalue weighted by Crippen LogP contribution is 2.46. The summed E-state index contributed by atoms with van der Waals surface area (Å²) in [7, 11) is 3.23. The van der Waals surface area contributed by atoms with Crippen LogP contribution in [0.25, 0.3) is 11.1 Å². The maximum absolute atomic E-state index is 13.1. The van der Waals surface area contributed by atoms with Gasteiger partial charge in [-0.15, -0.1) is 0 Å². The van der Waals surface area contributed by atoms with Crippen molar-refractivity contribution in [2.24, 2.45) is 16.6 Å². The minimum Gasteiger partial charge on any atom is -0.495 e. The van der Waals surface area contributed by atoms with Gasteiger partial charge in [0.15, 0.2) is 11.5 Å². The molecule has 140 valence electrons. The number of ether oxygens (including phenoxy) is 1. The van der Waals surface area contributed by atoms with E-state index in [2.05, 4.69) is 9.98 Å². The van der Waals surface area contributed by atoms with Crippen LogP contribution in [-0.4, -0.2) is 47.6 Å². The predicted molar refractivity (Wildman–Crippen MR) is 101 cm³/mol. The number of amides is 1. The molecule has 1 aromatic carbocycles. The molecule has 27 heavy (non-hydrogen) atoms. The highest BCUT2D eigenvalue weighted by atomic mass is 16.5. The Hall–Kier alpha value is -2.93. The van der Waals surface area contributed by atoms with E-state index >= 15 is 0 Å². The summed E-state index contributed by atoms with van der Waals surface area (Å²) in [5.74, 6) is 0.686. The normalized spacial score (nSPS) is 24.1. The van der Waals surface area contributed by atoms with Crippen LogP contribution in [0.4, 0.5) is 0 Å². The van der Waals surface area contributed by atoms with Gasteiger partial charge < -0.3 is 15.6 Å². The Morgan fingerprint density at radius 3 is 2.81 bits per heavy atom. The third-order valence-electron chi connectivity index (χ3n) is 5.50. The molecule has 1 aliphatic carbocycles. The van der Waals surface area contributed by atoms with Gasteiger partial charge in [-0.1, -0.05) is 12.1 Å². The molecule has 7 heteroatoms. The molecule has 0 radical (unpaired) electrons. The molecule has 2 aromatic rings. The minimum absolute atomic E-state index is 0.00909. The van der Waals surface area contributed by atoms with E-state index in [0.717, 1.165) is 22.3 Å². The van der Waals surface area contributed by atoms with Gasteiger partial charge in [0.2, 0.25) is 0 Å². The number of aromatic nitrogens is 1. The summed E-state index contributed by atoms with van der Waals surface area (Å²) in [5.41, 5.74) is 8.59. The maximum atomic E-state index is 13.1. The fourth-order valence-electron chi connectivity index (χ4n) is 4.06. The van der Waals surface area contributed by atoms with E-state index in [0.29, 0.717) is 18.6 Å². The number of fused-ring (bicyclic) bond motifs is 2. The van der Waals surface area contributed by atoms with Crippen LogP contribution in [-0.2, 0) is 16.8 Å². The summed E-state index contributed by atoms with van der Waals surface area (Å²) in [6, 6.07) is 7.90. The lowest BCUT2D eigenvalue weighted by atomic mass is 9.71. The standard InChI is InChI=1S/C20H22N4O3/c1-24-18(26)20(23-19(24)21)8-12(11-25)5-14-4-3-13(7-17(14)20)15-6-16(27-2)10-22-9-15/h3-4,6-7,9-10,12,25H,5,8,11H2,1-2H3,(H2,21,23)/t12-,20?/m0/s1. The van der Waals surface area contributed by atoms with Crippen molar-refractivity contribution in [1.29, 1.82) is 0 Å². The Kier molecular flexibility index (Phi) is 4.11. The fraction of sp³-hybridized carbons (Fsp3) is 0.350. The number of benzene rings is 1. The van der Waals surface area contributed by atoms with Crippen molar-refractivity contribution >= 4 is 11.9 Å². The second-order valence-electron chi connectivity index (χ2n) is 7.14. The van der Waals surface area contributed by atoms with Crippen molar-refractivity contribution in [3.63, 3.8) is 0 Å². The highest BCUT2D eigenvalue weighted by molar-refractivity contribution is 6.07. The molecular weight excluding hydrogens is 344 g/mol. The number of aliphatic hydroxyl groups excluding tert-OH is 1. The number of hydrogen-bond donors (Lipinski definition) is 2. The molecule has 2 atom stereocenters. The second kappa shape index (κ2) is 6.35. The lowest BCUT2D eigenvalue weighted by molar-refractivity contribution is -0.131. The van der Waals surface area contributed by atoms with Crippen molar-refractivity contribution < 1.29 is 14.6 Å². The number of carbonyl (C=O) groups is 1. The predicted octanol–water partition coefficient (Wildman–Crippen LogP) is 1.29. The molecule has 3 N–H and O–H groups in total. The Morgan fingerprint density at radius 2 is 2.15 bits per heavy atom. The third-order valence-corrected chi connectivity index (χ3v) is 5.50. The summed E-state index contributed by atoms with van der Waals surface area (Å²) in [6.45, 7) is 0.00909. The van der Waals surface area contributed by atoms with Crippen LogP contribution in [0.1, 0.15) is 17.5 Å². The first kappa shape index (κ1) is 17.5. The van der Waals surface area contributed by atoms with Gasteiger partial charge in [-0.25, -0.2) is 4.99 Å². The van der Waals surface area contributed by atoms with E-state index in [1.165, 1.54) is 4.90 Å². The molecule has 0 fully saturated rings. The van der Waals surface area contributed by atoms with Crippen LogP contribution < -0.4 is 10.5 Å². The highest BCUT2D eigenvalue weighted by Gasteiger charge is 2.52. The Balaban J connectivity index is 1.88. The number of aliphatic imine (C=N–C) groups is 1. The number of aliphatic hydroxyl groups is 1. The molecule has 1 spiro atoms. The van der Waals surface area contributed by atoms with Crippen LogP contribution in [0.2, 0.25) is 0 Å². The monoisotopic (exact) mass is 366 g/mol. The van der Waals surface area contributed by atoms with Crippen LogP contribution >= 0.6 is 0 Å². The van der Waals surface area contributed by atoms with Gasteiger partial charge in [-0.05, 0) is 47.6 Å². The zero-order chi connectivity index (χ0) is 19.2. The maximum Gasteiger partial charge on any atom is 0.261 e. The molecule has 0 saturated carbocycles. The lowest BCUT2D eigenvalue weighted by Gasteiger charge is -2.36. The van der Waals surface area contributed by atoms with Crippen molar-refractivity contribution in [2.45, 2.75) is 18.4 Å². The first-order valence-corrected chi connectivity index (χ1v) is 8.85. The van der Waals surface area contributed by atoms with Crippen molar-refractivity contribution in [3.8, 4) is 16.9 Å². The minimum atomic E-state index is -1.07. The number of nitrogens with two attached hydrogens (primary N) is 1. The van der Waals surface area contributed by atoms with Gasteiger partial charge in [0, 0.05) is 25.4 Å². The topological polar surface area (TPSA) is 101 Å². The number of carbonyl (C=O) groups excluding carboxylic acids is 1. The van der Waals surface area contributed by atoms with Crippen molar-refractivity contribution in [2.75, 3.05) is 20.8 Å². The van der Waals surface area contributed by atoms with E-state index in [1.807, 2.05) is 24.3 Å². The number of methoxy groups -OCH3 is 1. The zero-order valence-corrected chi connectivity index (χ0v) is 15.3. The van der Waals surface area contributed by atoms with Crippen LogP contribution in [0.15, 0.2) is 41.7 Å². The Morgan fingerprint density at radius 1 is 1.33 bits per heavy atom. The summed E-state index contributed by atoms with van der Waals surface area (Å²) in [4.78, 5) is 23.3. The first-order valence-electron chi connectivity index (χ1n) is 8.85. The van der Waals surface area contributed by atoms with Crippen LogP contribution in [0.5, 0.6) is 5.75 Å². The van der Waals surface area contributed by atoms with Crippen molar-refractivity contribution in [1.82, 2.24) is 9.88 Å². The average molecular weight is 366 g/mol. The molecule has 0 bridgehead atoms. The van der Waals surface area contributed by atoms with Gasteiger partial charge in [-0.3, -0.25) is 14.7 Å². The molecule has 1 aromatic heterocycles. The third kappa shape index (κ3) is 2.66. The van der Waals surface area contributed by atoms with E-state index in [4.69, 9.17) is 10.5 Å². The van der Waals surface area contributed by atoms with E-state index in [1.54, 1.807) is 26.6 Å². The molecule has 2 aliphatic rings. The fourth-order valence-corrected chi connectivity index (χ4v) is 4.06. The van der Waals surface area contributed by atoms with Gasteiger partial charge in [0.25, 0.3) is 5.91 Å². The van der Waals surface area contributed by atoms with E-state index < -0.39 is 5.54 Å². The SMILES string of the molecule is COc1cncc(-c2ccc3c(c2)C2(C[C@@H](CO)C3)N=C(N)N(C)C2=O)c1. The average Bonchev–Trinajstić information content (AvgIpc) is 2.91. The quantitative estimate of drug-likeness (QED) is 0.853. The summed E-state index contributed by atoms with van der Waals surface area (Å²) in [6.07, 6.45) is 4.56. The Labute approximate surface area is 157 Å². The summed E-state index contributed by atoms with van der Waals surface area (Å²) >= 11 is 0. The largest absolute Gasteiger partial charge is 0.495 e. The van der Waals surface area contributed by atoms with E-state index in [-0.39, 0.29) is 24.4 Å². The molecule has 2 heterocycles. The molecule has 1 aliphatic heterocycles. The number of hydrogen-bond acceptors (Lipinski definition) is 6. The van der Waals surface area contributed by atoms with Crippen LogP contribution in [0.3, 0.4) is 0 Å². The van der Waals surface area contributed by atoms with Gasteiger partial charge >= 0.3 is 0 Å². The molecular formula is C20H22N4O3. The van der Waals surface area contributed by atoms with Gasteiger partial charge in [-0.2, -0.15) is 0 Å². The lowest BCUT2D eigenvalue weighted by Crippen LogP contribution is -2.44. The molecule has 1 amide bonds. The Bertz CT molecular complexity index is 943. The summed E-state index contributed by atoms with van der Waals surface area (Å²) in [5, 5.41) is 9.74. The van der Waals surface area contributed by atoms with Crippen LogP contribution in [0, 0.1) is 5.92 Å². The number of nitrogens with zero attached hydrogens (tertiary/aromatic N) is 3. The first-order chi connectivity index (χ1) is 13.0. The molecule has 4 rings (SSSR count). The van der Waals surface area contributed by atoms with Gasteiger partial charge in [0.1, 0.15) is 5.75 Å². The smallest absolute Gasteiger partial charge is 0.261 e. The number of pyridine rings is 1. The summed E-state index contributed by atoms with van der Waals surface area (Å²) < 4.78 is 5.27. The number of likely N-dealkylation sites (N-methyl/N-ethyl adjacent to an activating group) is 1. The number of rotatable bonds is 3. The van der Waals surface area contributed by atoms with E-state index in [9.17, 15) is 9.90 Å². The molecule has 7 nitrogen and oxygen atoms in total. The van der Waals surface area contributed by atoms with Crippen molar-refractivity contribution in [3.05, 3.63) is 47.8 Å².